The molecule has 0 aliphatic heterocycles. The Morgan fingerprint density at radius 1 is 0.266 bits per heavy atom. The Morgan fingerprint density at radius 2 is 0.494 bits per heavy atom. The molecule has 0 radical (unpaired) electrons. The lowest BCUT2D eigenvalue weighted by Crippen LogP contribution is -2.30. The van der Waals surface area contributed by atoms with Gasteiger partial charge in [0.25, 0.3) is 0 Å². The Kier molecular flexibility index (Phi) is 65.1. The molecule has 0 heterocycles. The summed E-state index contributed by atoms with van der Waals surface area (Å²) in [6.45, 7) is 6.58. The molecule has 6 nitrogen and oxygen atoms in total. The Bertz CT molecular complexity index is 1410. The van der Waals surface area contributed by atoms with Gasteiger partial charge < -0.3 is 14.2 Å². The van der Waals surface area contributed by atoms with E-state index in [1.165, 1.54) is 244 Å². The van der Waals surface area contributed by atoms with Crippen LogP contribution in [0.2, 0.25) is 0 Å². The Morgan fingerprint density at radius 3 is 0.785 bits per heavy atom. The van der Waals surface area contributed by atoms with Crippen molar-refractivity contribution in [2.24, 2.45) is 0 Å². The highest BCUT2D eigenvalue weighted by Gasteiger charge is 2.19. The van der Waals surface area contributed by atoms with Crippen LogP contribution < -0.4 is 0 Å². The molecule has 1 atom stereocenters. The summed E-state index contributed by atoms with van der Waals surface area (Å²) in [4.78, 5) is 38.3. The normalized spacial score (nSPS) is 12.4. The molecule has 0 N–H and O–H groups in total. The minimum Gasteiger partial charge on any atom is -0.462 e. The van der Waals surface area contributed by atoms with Gasteiger partial charge in [0.15, 0.2) is 6.10 Å². The summed E-state index contributed by atoms with van der Waals surface area (Å²) in [5.74, 6) is -0.850. The Hall–Kier alpha value is -2.89. The molecular formula is C73H132O6. The van der Waals surface area contributed by atoms with Crippen molar-refractivity contribution >= 4 is 17.9 Å². The molecule has 0 rings (SSSR count). The van der Waals surface area contributed by atoms with Crippen molar-refractivity contribution in [3.05, 3.63) is 60.8 Å². The highest BCUT2D eigenvalue weighted by atomic mass is 16.6. The molecule has 0 aliphatic carbocycles. The van der Waals surface area contributed by atoms with Gasteiger partial charge in [-0.1, -0.05) is 326 Å². The smallest absolute Gasteiger partial charge is 0.306 e. The molecule has 0 fully saturated rings. The minimum absolute atomic E-state index is 0.0697. The van der Waals surface area contributed by atoms with Gasteiger partial charge in [-0.05, 0) is 83.5 Å². The number of ether oxygens (including phenoxy) is 3. The number of hydrogen-bond donors (Lipinski definition) is 0. The van der Waals surface area contributed by atoms with E-state index < -0.39 is 6.10 Å². The highest BCUT2D eigenvalue weighted by molar-refractivity contribution is 5.71. The van der Waals surface area contributed by atoms with E-state index in [9.17, 15) is 14.4 Å². The van der Waals surface area contributed by atoms with Crippen LogP contribution in [0, 0.1) is 0 Å². The summed E-state index contributed by atoms with van der Waals surface area (Å²) >= 11 is 0. The molecule has 0 spiro atoms. The van der Waals surface area contributed by atoms with Gasteiger partial charge in [-0.3, -0.25) is 14.4 Å². The summed E-state index contributed by atoms with van der Waals surface area (Å²) in [7, 11) is 0. The zero-order chi connectivity index (χ0) is 57.1. The molecule has 0 aliphatic rings. The van der Waals surface area contributed by atoms with Crippen molar-refractivity contribution in [2.45, 2.75) is 374 Å². The fourth-order valence-electron chi connectivity index (χ4n) is 10.3. The predicted octanol–water partition coefficient (Wildman–Crippen LogP) is 23.9. The number of rotatable bonds is 64. The molecular weight excluding hydrogens is 973 g/mol. The van der Waals surface area contributed by atoms with Gasteiger partial charge in [0, 0.05) is 19.3 Å². The Balaban J connectivity index is 4.15. The summed E-state index contributed by atoms with van der Waals surface area (Å²) < 4.78 is 17.0. The molecule has 0 aromatic carbocycles. The molecule has 0 amide bonds. The molecule has 460 valence electrons. The molecule has 0 aromatic heterocycles. The lowest BCUT2D eigenvalue weighted by Gasteiger charge is -2.18. The van der Waals surface area contributed by atoms with Crippen LogP contribution in [0.3, 0.4) is 0 Å². The van der Waals surface area contributed by atoms with Crippen LogP contribution in [-0.4, -0.2) is 37.2 Å². The average molecular weight is 1110 g/mol. The zero-order valence-corrected chi connectivity index (χ0v) is 52.9. The van der Waals surface area contributed by atoms with E-state index in [0.29, 0.717) is 19.3 Å². The molecule has 6 heteroatoms. The zero-order valence-electron chi connectivity index (χ0n) is 52.9. The second kappa shape index (κ2) is 67.6. The highest BCUT2D eigenvalue weighted by Crippen LogP contribution is 2.18. The Labute approximate surface area is 491 Å². The van der Waals surface area contributed by atoms with Gasteiger partial charge in [0.2, 0.25) is 0 Å². The predicted molar refractivity (Wildman–Crippen MR) is 344 cm³/mol. The standard InChI is InChI=1S/C73H132O6/c1-4-7-10-13-16-19-22-25-27-29-31-32-33-34-35-36-37-38-39-40-41-42-43-45-46-48-51-54-57-60-63-66-72(75)78-69-70(68-77-71(74)65-62-59-56-53-50-24-21-18-15-12-9-6-3)79-73(76)67-64-61-58-55-52-49-47-44-30-28-26-23-20-17-14-11-8-5-2/h7,10,16,19,25,27-28,30-32,70H,4-6,8-9,11-15,17-18,20-24,26,29,33-69H2,1-3H3/b10-7-,19-16-,27-25-,30-28-,32-31-. The van der Waals surface area contributed by atoms with Gasteiger partial charge >= 0.3 is 17.9 Å². The summed E-state index contributed by atoms with van der Waals surface area (Å²) in [5.41, 5.74) is 0. The molecule has 1 unspecified atom stereocenters. The number of carbonyl (C=O) groups is 3. The molecule has 79 heavy (non-hydrogen) atoms. The lowest BCUT2D eigenvalue weighted by molar-refractivity contribution is -0.167. The first-order chi connectivity index (χ1) is 39.0. The lowest BCUT2D eigenvalue weighted by atomic mass is 10.0. The first kappa shape index (κ1) is 76.1. The third-order valence-corrected chi connectivity index (χ3v) is 15.5. The maximum atomic E-state index is 12.9. The summed E-state index contributed by atoms with van der Waals surface area (Å²) in [6, 6.07) is 0. The number of carbonyl (C=O) groups excluding carboxylic acids is 3. The molecule has 0 aromatic rings. The number of esters is 3. The van der Waals surface area contributed by atoms with Gasteiger partial charge in [-0.2, -0.15) is 0 Å². The quantitative estimate of drug-likeness (QED) is 0.0261. The van der Waals surface area contributed by atoms with Gasteiger partial charge in [-0.15, -0.1) is 0 Å². The second-order valence-electron chi connectivity index (χ2n) is 23.4. The average Bonchev–Trinajstić information content (AvgIpc) is 3.45. The summed E-state index contributed by atoms with van der Waals surface area (Å²) in [6.07, 6.45) is 86.8. The van der Waals surface area contributed by atoms with Crippen LogP contribution in [-0.2, 0) is 28.6 Å². The second-order valence-corrected chi connectivity index (χ2v) is 23.4. The van der Waals surface area contributed by atoms with E-state index >= 15 is 0 Å². The molecule has 0 bridgehead atoms. The van der Waals surface area contributed by atoms with Gasteiger partial charge in [0.1, 0.15) is 13.2 Å². The molecule has 0 saturated heterocycles. The number of allylic oxidation sites excluding steroid dienone is 10. The van der Waals surface area contributed by atoms with Crippen molar-refractivity contribution < 1.29 is 28.6 Å². The maximum Gasteiger partial charge on any atom is 0.306 e. The first-order valence-corrected chi connectivity index (χ1v) is 34.8. The van der Waals surface area contributed by atoms with Crippen molar-refractivity contribution in [1.82, 2.24) is 0 Å². The van der Waals surface area contributed by atoms with E-state index in [4.69, 9.17) is 14.2 Å². The van der Waals surface area contributed by atoms with Gasteiger partial charge in [-0.25, -0.2) is 0 Å². The van der Waals surface area contributed by atoms with E-state index in [1.807, 2.05) is 0 Å². The van der Waals surface area contributed by atoms with Crippen LogP contribution in [0.15, 0.2) is 60.8 Å². The van der Waals surface area contributed by atoms with Crippen molar-refractivity contribution in [3.8, 4) is 0 Å². The van der Waals surface area contributed by atoms with Crippen LogP contribution in [0.25, 0.3) is 0 Å². The van der Waals surface area contributed by atoms with E-state index in [2.05, 4.69) is 81.5 Å². The largest absolute Gasteiger partial charge is 0.462 e. The fourth-order valence-corrected chi connectivity index (χ4v) is 10.3. The monoisotopic (exact) mass is 1110 g/mol. The van der Waals surface area contributed by atoms with Crippen LogP contribution in [0.5, 0.6) is 0 Å². The third-order valence-electron chi connectivity index (χ3n) is 15.5. The van der Waals surface area contributed by atoms with Gasteiger partial charge in [0.05, 0.1) is 0 Å². The number of hydrogen-bond acceptors (Lipinski definition) is 6. The summed E-state index contributed by atoms with van der Waals surface area (Å²) in [5, 5.41) is 0. The number of unbranched alkanes of at least 4 members (excludes halogenated alkanes) is 43. The topological polar surface area (TPSA) is 78.9 Å². The SMILES string of the molecule is CC/C=C\C/C=C\C/C=C\C/C=C\CCCCCCCCCCCCCCCCCCCCC(=O)OCC(COC(=O)CCCCCCCCCCCCCC)OC(=O)CCCCCCCCC/C=C\CCCCCCCCC. The van der Waals surface area contributed by atoms with Crippen LogP contribution in [0.1, 0.15) is 367 Å². The molecule has 0 saturated carbocycles. The maximum absolute atomic E-state index is 12.9. The van der Waals surface area contributed by atoms with E-state index in [1.54, 1.807) is 0 Å². The van der Waals surface area contributed by atoms with E-state index in [0.717, 1.165) is 83.5 Å². The van der Waals surface area contributed by atoms with Crippen molar-refractivity contribution in [2.75, 3.05) is 13.2 Å². The third kappa shape index (κ3) is 65.8. The fraction of sp³-hybridized carbons (Fsp3) is 0.822. The van der Waals surface area contributed by atoms with Crippen LogP contribution in [0.4, 0.5) is 0 Å². The first-order valence-electron chi connectivity index (χ1n) is 34.8. The van der Waals surface area contributed by atoms with Crippen molar-refractivity contribution in [1.29, 1.82) is 0 Å². The minimum atomic E-state index is -0.773. The van der Waals surface area contributed by atoms with E-state index in [-0.39, 0.29) is 31.1 Å². The van der Waals surface area contributed by atoms with Crippen molar-refractivity contribution in [3.63, 3.8) is 0 Å². The van der Waals surface area contributed by atoms with Crippen LogP contribution >= 0.6 is 0 Å².